The van der Waals surface area contributed by atoms with E-state index in [4.69, 9.17) is 0 Å². The molecule has 2 N–H and O–H groups in total. The number of nitrogens with one attached hydrogen (secondary N) is 2. The third kappa shape index (κ3) is 2.97. The molecular formula is C13H17N3S. The fourth-order valence-corrected chi connectivity index (χ4v) is 2.61. The van der Waals surface area contributed by atoms with Crippen LogP contribution < -0.4 is 10.6 Å². The first-order chi connectivity index (χ1) is 8.33. The summed E-state index contributed by atoms with van der Waals surface area (Å²) in [6, 6.07) is 4.26. The van der Waals surface area contributed by atoms with Crippen molar-refractivity contribution in [3.63, 3.8) is 0 Å². The van der Waals surface area contributed by atoms with Crippen molar-refractivity contribution in [2.24, 2.45) is 0 Å². The first-order valence-electron chi connectivity index (χ1n) is 5.75. The summed E-state index contributed by atoms with van der Waals surface area (Å²) in [5.41, 5.74) is 3.50. The van der Waals surface area contributed by atoms with E-state index in [-0.39, 0.29) is 0 Å². The van der Waals surface area contributed by atoms with Crippen LogP contribution in [0.15, 0.2) is 29.9 Å². The van der Waals surface area contributed by atoms with Gasteiger partial charge in [-0.15, -0.1) is 11.3 Å². The zero-order valence-electron chi connectivity index (χ0n) is 10.2. The lowest BCUT2D eigenvalue weighted by Gasteiger charge is -2.07. The lowest BCUT2D eigenvalue weighted by atomic mass is 10.2. The van der Waals surface area contributed by atoms with Crippen molar-refractivity contribution in [2.75, 3.05) is 17.7 Å². The molecule has 0 amide bonds. The molecule has 0 aliphatic carbocycles. The van der Waals surface area contributed by atoms with Gasteiger partial charge in [-0.25, -0.2) is 0 Å². The van der Waals surface area contributed by atoms with Gasteiger partial charge in [0.15, 0.2) is 0 Å². The summed E-state index contributed by atoms with van der Waals surface area (Å²) in [6.45, 7) is 3.06. The first kappa shape index (κ1) is 11.9. The Kier molecular flexibility index (Phi) is 3.98. The van der Waals surface area contributed by atoms with Gasteiger partial charge in [0.1, 0.15) is 0 Å². The molecule has 17 heavy (non-hydrogen) atoms. The molecule has 2 aromatic rings. The molecule has 0 aliphatic heterocycles. The summed E-state index contributed by atoms with van der Waals surface area (Å²) in [4.78, 5) is 5.58. The van der Waals surface area contributed by atoms with Gasteiger partial charge >= 0.3 is 0 Å². The fraction of sp³-hybridized carbons (Fsp3) is 0.308. The highest BCUT2D eigenvalue weighted by Crippen LogP contribution is 2.19. The maximum absolute atomic E-state index is 4.18. The second-order valence-electron chi connectivity index (χ2n) is 3.79. The molecule has 0 fully saturated rings. The van der Waals surface area contributed by atoms with Gasteiger partial charge in [0.05, 0.1) is 23.8 Å². The Hall–Kier alpha value is -1.55. The minimum Gasteiger partial charge on any atom is -0.387 e. The standard InChI is InChI=1S/C13H17N3S/c1-3-10-4-5-17-13(10)9-16-12-6-11(14-2)7-15-8-12/h4-8,14,16H,3,9H2,1-2H3. The van der Waals surface area contributed by atoms with Crippen LogP contribution in [-0.4, -0.2) is 12.0 Å². The quantitative estimate of drug-likeness (QED) is 0.850. The summed E-state index contributed by atoms with van der Waals surface area (Å²) < 4.78 is 0. The van der Waals surface area contributed by atoms with Gasteiger partial charge in [-0.2, -0.15) is 0 Å². The molecule has 0 aliphatic rings. The average Bonchev–Trinajstić information content (AvgIpc) is 2.84. The van der Waals surface area contributed by atoms with E-state index < -0.39 is 0 Å². The zero-order valence-corrected chi connectivity index (χ0v) is 11.0. The van der Waals surface area contributed by atoms with Crippen molar-refractivity contribution < 1.29 is 0 Å². The highest BCUT2D eigenvalue weighted by molar-refractivity contribution is 7.10. The number of aryl methyl sites for hydroxylation is 1. The van der Waals surface area contributed by atoms with Gasteiger partial charge in [0.25, 0.3) is 0 Å². The number of hydrogen-bond donors (Lipinski definition) is 2. The van der Waals surface area contributed by atoms with Crippen LogP contribution in [0, 0.1) is 0 Å². The summed E-state index contributed by atoms with van der Waals surface area (Å²) in [5, 5.41) is 8.64. The van der Waals surface area contributed by atoms with E-state index >= 15 is 0 Å². The lowest BCUT2D eigenvalue weighted by Crippen LogP contribution is -2.01. The molecule has 90 valence electrons. The largest absolute Gasteiger partial charge is 0.387 e. The molecule has 0 unspecified atom stereocenters. The number of thiophene rings is 1. The van der Waals surface area contributed by atoms with Crippen molar-refractivity contribution in [3.05, 3.63) is 40.3 Å². The highest BCUT2D eigenvalue weighted by atomic mass is 32.1. The molecule has 2 rings (SSSR count). The smallest absolute Gasteiger partial charge is 0.0550 e. The SMILES string of the molecule is CCc1ccsc1CNc1cncc(NC)c1. The van der Waals surface area contributed by atoms with E-state index in [1.807, 2.05) is 19.4 Å². The number of nitrogens with zero attached hydrogens (tertiary/aromatic N) is 1. The molecule has 3 nitrogen and oxygen atoms in total. The molecule has 0 saturated carbocycles. The average molecular weight is 247 g/mol. The van der Waals surface area contributed by atoms with Gasteiger partial charge in [0, 0.05) is 18.5 Å². The van der Waals surface area contributed by atoms with E-state index in [9.17, 15) is 0 Å². The second-order valence-corrected chi connectivity index (χ2v) is 4.79. The van der Waals surface area contributed by atoms with Crippen LogP contribution in [0.4, 0.5) is 11.4 Å². The van der Waals surface area contributed by atoms with Crippen LogP contribution in [0.2, 0.25) is 0 Å². The Labute approximate surface area is 106 Å². The Morgan fingerprint density at radius 3 is 2.88 bits per heavy atom. The van der Waals surface area contributed by atoms with E-state index in [2.05, 4.69) is 40.1 Å². The van der Waals surface area contributed by atoms with Gasteiger partial charge in [0.2, 0.25) is 0 Å². The zero-order chi connectivity index (χ0) is 12.1. The predicted octanol–water partition coefficient (Wildman–Crippen LogP) is 3.36. The summed E-state index contributed by atoms with van der Waals surface area (Å²) in [5.74, 6) is 0. The van der Waals surface area contributed by atoms with Crippen molar-refractivity contribution in [1.29, 1.82) is 0 Å². The molecule has 0 saturated heterocycles. The summed E-state index contributed by atoms with van der Waals surface area (Å²) in [6.07, 6.45) is 4.75. The number of anilines is 2. The minimum absolute atomic E-state index is 0.871. The van der Waals surface area contributed by atoms with Gasteiger partial charge in [-0.1, -0.05) is 6.92 Å². The van der Waals surface area contributed by atoms with Gasteiger partial charge < -0.3 is 10.6 Å². The molecule has 0 bridgehead atoms. The topological polar surface area (TPSA) is 37.0 Å². The van der Waals surface area contributed by atoms with Crippen molar-refractivity contribution in [3.8, 4) is 0 Å². The van der Waals surface area contributed by atoms with Crippen molar-refractivity contribution in [1.82, 2.24) is 4.98 Å². The molecule has 2 heterocycles. The second kappa shape index (κ2) is 5.68. The summed E-state index contributed by atoms with van der Waals surface area (Å²) >= 11 is 1.80. The van der Waals surface area contributed by atoms with Crippen LogP contribution in [0.1, 0.15) is 17.4 Å². The highest BCUT2D eigenvalue weighted by Gasteiger charge is 2.02. The minimum atomic E-state index is 0.871. The maximum Gasteiger partial charge on any atom is 0.0550 e. The Bertz CT molecular complexity index is 479. The number of hydrogen-bond acceptors (Lipinski definition) is 4. The molecular weight excluding hydrogens is 230 g/mol. The van der Waals surface area contributed by atoms with Gasteiger partial charge in [-0.3, -0.25) is 4.98 Å². The van der Waals surface area contributed by atoms with E-state index in [1.54, 1.807) is 11.3 Å². The number of aromatic nitrogens is 1. The van der Waals surface area contributed by atoms with Crippen molar-refractivity contribution >= 4 is 22.7 Å². The van der Waals surface area contributed by atoms with Crippen LogP contribution in [0.5, 0.6) is 0 Å². The molecule has 4 heteroatoms. The fourth-order valence-electron chi connectivity index (χ4n) is 1.69. The van der Waals surface area contributed by atoms with E-state index in [1.165, 1.54) is 10.4 Å². The van der Waals surface area contributed by atoms with Crippen LogP contribution in [0.25, 0.3) is 0 Å². The number of pyridine rings is 1. The van der Waals surface area contributed by atoms with E-state index in [0.29, 0.717) is 0 Å². The Balaban J connectivity index is 2.02. The monoisotopic (exact) mass is 247 g/mol. The van der Waals surface area contributed by atoms with Gasteiger partial charge in [-0.05, 0) is 29.5 Å². The van der Waals surface area contributed by atoms with E-state index in [0.717, 1.165) is 24.3 Å². The third-order valence-corrected chi connectivity index (χ3v) is 3.66. The van der Waals surface area contributed by atoms with Crippen LogP contribution >= 0.6 is 11.3 Å². The normalized spacial score (nSPS) is 10.2. The Morgan fingerprint density at radius 2 is 2.12 bits per heavy atom. The lowest BCUT2D eigenvalue weighted by molar-refractivity contribution is 1.08. The van der Waals surface area contributed by atoms with Crippen LogP contribution in [0.3, 0.4) is 0 Å². The van der Waals surface area contributed by atoms with Crippen molar-refractivity contribution in [2.45, 2.75) is 19.9 Å². The molecule has 0 aromatic carbocycles. The summed E-state index contributed by atoms with van der Waals surface area (Å²) in [7, 11) is 1.90. The first-order valence-corrected chi connectivity index (χ1v) is 6.63. The number of rotatable bonds is 5. The predicted molar refractivity (Wildman–Crippen MR) is 74.8 cm³/mol. The third-order valence-electron chi connectivity index (χ3n) is 2.70. The molecule has 0 atom stereocenters. The maximum atomic E-state index is 4.18. The molecule has 0 radical (unpaired) electrons. The molecule has 2 aromatic heterocycles. The van der Waals surface area contributed by atoms with Crippen LogP contribution in [-0.2, 0) is 13.0 Å². The molecule has 0 spiro atoms. The Morgan fingerprint density at radius 1 is 1.29 bits per heavy atom.